The van der Waals surface area contributed by atoms with Crippen LogP contribution < -0.4 is 20.5 Å². The normalized spacial score (nSPS) is 15.3. The number of H-pyrrole nitrogens is 1. The lowest BCUT2D eigenvalue weighted by molar-refractivity contribution is 0.314. The number of anilines is 1. The zero-order chi connectivity index (χ0) is 23.9. The molecule has 33 heavy (non-hydrogen) atoms. The van der Waals surface area contributed by atoms with Crippen molar-refractivity contribution in [3.05, 3.63) is 67.7 Å². The number of benzene rings is 2. The van der Waals surface area contributed by atoms with E-state index in [0.717, 1.165) is 0 Å². The van der Waals surface area contributed by atoms with Gasteiger partial charge in [0.25, 0.3) is 0 Å². The predicted molar refractivity (Wildman–Crippen MR) is 120 cm³/mol. The maximum Gasteiger partial charge on any atom is 0.434 e. The summed E-state index contributed by atoms with van der Waals surface area (Å²) in [6.07, 6.45) is 0. The van der Waals surface area contributed by atoms with Crippen molar-refractivity contribution in [2.24, 2.45) is 0 Å². The van der Waals surface area contributed by atoms with E-state index in [-0.39, 0.29) is 33.7 Å². The molecule has 0 bridgehead atoms. The van der Waals surface area contributed by atoms with Crippen LogP contribution in [-0.4, -0.2) is 31.8 Å². The highest BCUT2D eigenvalue weighted by atomic mass is 35.5. The molecule has 0 saturated carbocycles. The van der Waals surface area contributed by atoms with Crippen molar-refractivity contribution in [2.75, 3.05) is 18.5 Å². The Kier molecular flexibility index (Phi) is 6.41. The van der Waals surface area contributed by atoms with Crippen molar-refractivity contribution >= 4 is 38.9 Å². The van der Waals surface area contributed by atoms with Gasteiger partial charge >= 0.3 is 5.76 Å². The predicted octanol–water partition coefficient (Wildman–Crippen LogP) is 3.74. The third kappa shape index (κ3) is 4.45. The van der Waals surface area contributed by atoms with Gasteiger partial charge in [0.1, 0.15) is 23.4 Å². The van der Waals surface area contributed by atoms with Gasteiger partial charge in [-0.3, -0.25) is 0 Å². The molecule has 1 aromatic heterocycles. The highest BCUT2D eigenvalue weighted by Gasteiger charge is 2.35. The van der Waals surface area contributed by atoms with Crippen LogP contribution in [0.3, 0.4) is 0 Å². The van der Waals surface area contributed by atoms with Crippen LogP contribution in [0.1, 0.15) is 35.9 Å². The summed E-state index contributed by atoms with van der Waals surface area (Å²) in [5.74, 6) is -2.34. The summed E-state index contributed by atoms with van der Waals surface area (Å²) < 4.78 is 54.3. The van der Waals surface area contributed by atoms with E-state index in [1.165, 1.54) is 31.2 Å². The second-order valence-corrected chi connectivity index (χ2v) is 9.93. The Hall–Kier alpha value is -2.60. The molecular formula is C20H19Cl2FN4O5S. The van der Waals surface area contributed by atoms with Gasteiger partial charge in [-0.2, -0.15) is 4.72 Å². The Morgan fingerprint density at radius 1 is 1.21 bits per heavy atom. The van der Waals surface area contributed by atoms with Crippen molar-refractivity contribution in [2.45, 2.75) is 30.7 Å². The number of nitrogens with one attached hydrogen (secondary N) is 3. The summed E-state index contributed by atoms with van der Waals surface area (Å²) >= 11 is 12.5. The van der Waals surface area contributed by atoms with Crippen molar-refractivity contribution in [1.29, 1.82) is 0 Å². The molecule has 0 saturated heterocycles. The zero-order valence-corrected chi connectivity index (χ0v) is 19.7. The number of sulfonamides is 1. The molecule has 0 fully saturated rings. The fraction of sp³-hybridized carbons (Fsp3) is 0.300. The van der Waals surface area contributed by atoms with Gasteiger partial charge in [0.2, 0.25) is 15.9 Å². The van der Waals surface area contributed by atoms with Gasteiger partial charge in [0.15, 0.2) is 5.75 Å². The number of halogens is 3. The average Bonchev–Trinajstić information content (AvgIpc) is 3.21. The molecule has 0 aliphatic carbocycles. The minimum atomic E-state index is -4.27. The van der Waals surface area contributed by atoms with Crippen molar-refractivity contribution in [3.63, 3.8) is 0 Å². The molecule has 0 radical (unpaired) electrons. The first-order valence-electron chi connectivity index (χ1n) is 9.81. The lowest BCUT2D eigenvalue weighted by Gasteiger charge is -2.26. The van der Waals surface area contributed by atoms with E-state index in [9.17, 15) is 17.6 Å². The Labute approximate surface area is 198 Å². The molecule has 176 valence electrons. The van der Waals surface area contributed by atoms with Crippen LogP contribution >= 0.6 is 23.2 Å². The lowest BCUT2D eigenvalue weighted by atomic mass is 9.90. The van der Waals surface area contributed by atoms with E-state index in [1.54, 1.807) is 6.92 Å². The average molecular weight is 517 g/mol. The number of rotatable bonds is 6. The van der Waals surface area contributed by atoms with E-state index < -0.39 is 33.6 Å². The van der Waals surface area contributed by atoms with Crippen molar-refractivity contribution < 1.29 is 22.0 Å². The van der Waals surface area contributed by atoms with Crippen molar-refractivity contribution in [1.82, 2.24) is 14.9 Å². The Morgan fingerprint density at radius 2 is 1.94 bits per heavy atom. The minimum Gasteiger partial charge on any atom is -0.488 e. The minimum absolute atomic E-state index is 0.0658. The van der Waals surface area contributed by atoms with E-state index in [1.807, 2.05) is 0 Å². The summed E-state index contributed by atoms with van der Waals surface area (Å²) in [5.41, 5.74) is 0.922. The van der Waals surface area contributed by atoms with Gasteiger partial charge in [-0.05, 0) is 42.3 Å². The molecule has 0 spiro atoms. The summed E-state index contributed by atoms with van der Waals surface area (Å²) in [7, 11) is -4.27. The number of fused-ring (bicyclic) bond motifs is 1. The summed E-state index contributed by atoms with van der Waals surface area (Å²) in [6.45, 7) is 3.83. The fourth-order valence-corrected chi connectivity index (χ4v) is 5.77. The third-order valence-electron chi connectivity index (χ3n) is 5.36. The maximum absolute atomic E-state index is 14.3. The number of nitrogens with zero attached hydrogens (tertiary/aromatic N) is 1. The third-order valence-corrected chi connectivity index (χ3v) is 7.47. The van der Waals surface area contributed by atoms with Crippen LogP contribution in [0.5, 0.6) is 5.75 Å². The van der Waals surface area contributed by atoms with Gasteiger partial charge in [-0.1, -0.05) is 30.1 Å². The van der Waals surface area contributed by atoms with Gasteiger partial charge in [-0.15, -0.1) is 5.10 Å². The van der Waals surface area contributed by atoms with E-state index in [4.69, 9.17) is 32.4 Å². The Morgan fingerprint density at radius 3 is 2.64 bits per heavy atom. The Balaban J connectivity index is 1.81. The fourth-order valence-electron chi connectivity index (χ4n) is 3.75. The molecule has 2 atom stereocenters. The van der Waals surface area contributed by atoms with Crippen LogP contribution in [0.4, 0.5) is 10.1 Å². The molecule has 1 aliphatic heterocycles. The summed E-state index contributed by atoms with van der Waals surface area (Å²) in [4.78, 5) is 11.4. The molecule has 4 rings (SSSR count). The smallest absolute Gasteiger partial charge is 0.434 e. The highest BCUT2D eigenvalue weighted by molar-refractivity contribution is 7.89. The highest BCUT2D eigenvalue weighted by Crippen LogP contribution is 2.42. The maximum atomic E-state index is 14.3. The number of aromatic amines is 1. The van der Waals surface area contributed by atoms with E-state index in [2.05, 4.69) is 20.2 Å². The number of hydrogen-bond acceptors (Lipinski definition) is 7. The molecule has 9 nitrogen and oxygen atoms in total. The molecule has 0 unspecified atom stereocenters. The molecule has 3 N–H and O–H groups in total. The second-order valence-electron chi connectivity index (χ2n) is 7.43. The van der Waals surface area contributed by atoms with Crippen LogP contribution in [0.2, 0.25) is 10.0 Å². The van der Waals surface area contributed by atoms with Crippen LogP contribution in [0.15, 0.2) is 38.4 Å². The van der Waals surface area contributed by atoms with Crippen LogP contribution in [-0.2, 0) is 10.0 Å². The molecule has 0 amide bonds. The number of ether oxygens (including phenoxy) is 1. The first kappa shape index (κ1) is 23.6. The largest absolute Gasteiger partial charge is 0.488 e. The molecular weight excluding hydrogens is 498 g/mol. The summed E-state index contributed by atoms with van der Waals surface area (Å²) in [5, 5.41) is 9.44. The second kappa shape index (κ2) is 8.98. The topological polar surface area (TPSA) is 126 Å². The van der Waals surface area contributed by atoms with Crippen molar-refractivity contribution in [3.8, 4) is 5.75 Å². The Bertz CT molecular complexity index is 1380. The molecule has 13 heteroatoms. The van der Waals surface area contributed by atoms with E-state index >= 15 is 0 Å². The van der Waals surface area contributed by atoms with E-state index in [0.29, 0.717) is 22.8 Å². The van der Waals surface area contributed by atoms with Gasteiger partial charge in [0, 0.05) is 17.5 Å². The lowest BCUT2D eigenvalue weighted by Crippen LogP contribution is -2.33. The quantitative estimate of drug-likeness (QED) is 0.455. The number of hydrogen-bond donors (Lipinski definition) is 3. The van der Waals surface area contributed by atoms with Crippen LogP contribution in [0, 0.1) is 12.7 Å². The molecule has 2 heterocycles. The van der Waals surface area contributed by atoms with Gasteiger partial charge in [-0.25, -0.2) is 22.7 Å². The number of aromatic nitrogens is 2. The SMILES string of the molecule is Cc1c(F)ccc(Cl)c1[C@@H](C)[C@H](NS(=O)(=O)c1ccc(Cl)c2c1OCCN2)c1n[nH]c(=O)o1. The first-order chi connectivity index (χ1) is 15.6. The molecule has 2 aromatic carbocycles. The zero-order valence-electron chi connectivity index (χ0n) is 17.4. The first-order valence-corrected chi connectivity index (χ1v) is 12.1. The van der Waals surface area contributed by atoms with Crippen LogP contribution in [0.25, 0.3) is 0 Å². The standard InChI is InChI=1S/C20H19Cl2FN4O5S/c1-9-13(23)5-3-11(21)15(9)10(2)16(19-25-26-20(28)32-19)27-33(29,30)14-6-4-12(22)17-18(14)31-8-7-24-17/h3-6,10,16,24,27H,7-8H2,1-2H3,(H,26,28)/t10-,16+/m1/s1. The molecule has 1 aliphatic rings. The summed E-state index contributed by atoms with van der Waals surface area (Å²) in [6, 6.07) is 4.11. The van der Waals surface area contributed by atoms with Gasteiger partial charge < -0.3 is 14.5 Å². The van der Waals surface area contributed by atoms with Gasteiger partial charge in [0.05, 0.1) is 10.7 Å². The monoisotopic (exact) mass is 516 g/mol. The molecule has 3 aromatic rings.